The molecule has 0 radical (unpaired) electrons. The molecule has 7 heteroatoms. The van der Waals surface area contributed by atoms with E-state index in [2.05, 4.69) is 5.32 Å². The Hall–Kier alpha value is -2.70. The van der Waals surface area contributed by atoms with Gasteiger partial charge in [-0.15, -0.1) is 0 Å². The van der Waals surface area contributed by atoms with Crippen molar-refractivity contribution in [3.63, 3.8) is 0 Å². The molecule has 0 aliphatic carbocycles. The van der Waals surface area contributed by atoms with Crippen LogP contribution < -0.4 is 15.8 Å². The number of carbonyl (C=O) groups is 1. The highest BCUT2D eigenvalue weighted by Gasteiger charge is 2.33. The zero-order valence-corrected chi connectivity index (χ0v) is 11.6. The van der Waals surface area contributed by atoms with Crippen LogP contribution in [0.2, 0.25) is 0 Å². The van der Waals surface area contributed by atoms with Gasteiger partial charge in [0.25, 0.3) is 5.91 Å². The van der Waals surface area contributed by atoms with Crippen molar-refractivity contribution in [2.24, 2.45) is 0 Å². The average Bonchev–Trinajstić information content (AvgIpc) is 2.48. The Morgan fingerprint density at radius 1 is 1.18 bits per heavy atom. The first-order valence-electron chi connectivity index (χ1n) is 6.23. The number of ether oxygens (including phenoxy) is 1. The van der Waals surface area contributed by atoms with Crippen molar-refractivity contribution in [3.05, 3.63) is 53.6 Å². The molecule has 0 bridgehead atoms. The molecule has 22 heavy (non-hydrogen) atoms. The van der Waals surface area contributed by atoms with Crippen LogP contribution in [0, 0.1) is 0 Å². The van der Waals surface area contributed by atoms with E-state index in [0.29, 0.717) is 5.75 Å². The first-order chi connectivity index (χ1) is 10.3. The third-order valence-corrected chi connectivity index (χ3v) is 2.95. The summed E-state index contributed by atoms with van der Waals surface area (Å²) < 4.78 is 43.3. The minimum atomic E-state index is -4.58. The second kappa shape index (κ2) is 5.97. The zero-order chi connectivity index (χ0) is 16.3. The SMILES string of the molecule is COc1cccc(C(=O)Nc2ccc(N)c(C(F)(F)F)c2)c1. The van der Waals surface area contributed by atoms with Crippen molar-refractivity contribution >= 4 is 17.3 Å². The van der Waals surface area contributed by atoms with Crippen molar-refractivity contribution < 1.29 is 22.7 Å². The topological polar surface area (TPSA) is 64.3 Å². The van der Waals surface area contributed by atoms with Crippen molar-refractivity contribution in [2.45, 2.75) is 6.18 Å². The van der Waals surface area contributed by atoms with Crippen LogP contribution in [-0.2, 0) is 6.18 Å². The summed E-state index contributed by atoms with van der Waals surface area (Å²) in [6.45, 7) is 0. The highest BCUT2D eigenvalue weighted by atomic mass is 19.4. The standard InChI is InChI=1S/C15H13F3N2O2/c1-22-11-4-2-3-9(7-11)14(21)20-10-5-6-13(19)12(8-10)15(16,17)18/h2-8H,19H2,1H3,(H,20,21). The number of nitrogen functional groups attached to an aromatic ring is 1. The van der Waals surface area contributed by atoms with Gasteiger partial charge in [0.2, 0.25) is 0 Å². The van der Waals surface area contributed by atoms with E-state index in [1.165, 1.54) is 25.3 Å². The van der Waals surface area contributed by atoms with Crippen LogP contribution in [0.1, 0.15) is 15.9 Å². The monoisotopic (exact) mass is 310 g/mol. The number of amides is 1. The van der Waals surface area contributed by atoms with Gasteiger partial charge in [0.05, 0.1) is 12.7 Å². The van der Waals surface area contributed by atoms with Gasteiger partial charge in [-0.25, -0.2) is 0 Å². The van der Waals surface area contributed by atoms with Gasteiger partial charge in [0.1, 0.15) is 5.75 Å². The quantitative estimate of drug-likeness (QED) is 0.852. The first kappa shape index (κ1) is 15.7. The number of methoxy groups -OCH3 is 1. The maximum atomic E-state index is 12.8. The second-order valence-corrected chi connectivity index (χ2v) is 4.49. The smallest absolute Gasteiger partial charge is 0.418 e. The molecule has 0 unspecified atom stereocenters. The molecule has 0 spiro atoms. The molecule has 2 rings (SSSR count). The lowest BCUT2D eigenvalue weighted by atomic mass is 10.1. The maximum absolute atomic E-state index is 12.8. The maximum Gasteiger partial charge on any atom is 0.418 e. The molecule has 0 saturated heterocycles. The number of alkyl halides is 3. The Labute approximate surface area is 124 Å². The molecule has 2 aromatic carbocycles. The van der Waals surface area contributed by atoms with Gasteiger partial charge in [-0.2, -0.15) is 13.2 Å². The molecule has 2 aromatic rings. The van der Waals surface area contributed by atoms with Crippen molar-refractivity contribution in [1.29, 1.82) is 0 Å². The molecule has 0 aliphatic rings. The fourth-order valence-electron chi connectivity index (χ4n) is 1.85. The van der Waals surface area contributed by atoms with Gasteiger partial charge < -0.3 is 15.8 Å². The number of rotatable bonds is 3. The normalized spacial score (nSPS) is 11.1. The lowest BCUT2D eigenvalue weighted by Crippen LogP contribution is -2.14. The Bertz CT molecular complexity index is 699. The van der Waals surface area contributed by atoms with E-state index in [1.807, 2.05) is 0 Å². The van der Waals surface area contributed by atoms with E-state index in [1.54, 1.807) is 12.1 Å². The second-order valence-electron chi connectivity index (χ2n) is 4.49. The van der Waals surface area contributed by atoms with Crippen molar-refractivity contribution in [2.75, 3.05) is 18.2 Å². The van der Waals surface area contributed by atoms with Gasteiger partial charge >= 0.3 is 6.18 Å². The van der Waals surface area contributed by atoms with E-state index in [-0.39, 0.29) is 11.3 Å². The van der Waals surface area contributed by atoms with Gasteiger partial charge in [-0.3, -0.25) is 4.79 Å². The third-order valence-electron chi connectivity index (χ3n) is 2.95. The number of carbonyl (C=O) groups excluding carboxylic acids is 1. The molecule has 0 heterocycles. The summed E-state index contributed by atoms with van der Waals surface area (Å²) in [7, 11) is 1.45. The molecular weight excluding hydrogens is 297 g/mol. The zero-order valence-electron chi connectivity index (χ0n) is 11.6. The number of nitrogens with two attached hydrogens (primary N) is 1. The minimum Gasteiger partial charge on any atom is -0.497 e. The lowest BCUT2D eigenvalue weighted by molar-refractivity contribution is -0.136. The number of benzene rings is 2. The largest absolute Gasteiger partial charge is 0.497 e. The van der Waals surface area contributed by atoms with E-state index in [4.69, 9.17) is 10.5 Å². The van der Waals surface area contributed by atoms with Crippen LogP contribution in [0.3, 0.4) is 0 Å². The molecule has 3 N–H and O–H groups in total. The summed E-state index contributed by atoms with van der Waals surface area (Å²) in [5.41, 5.74) is 4.20. The van der Waals surface area contributed by atoms with Crippen LogP contribution in [0.25, 0.3) is 0 Å². The van der Waals surface area contributed by atoms with Gasteiger partial charge in [0, 0.05) is 16.9 Å². The summed E-state index contributed by atoms with van der Waals surface area (Å²) in [6.07, 6.45) is -4.58. The number of nitrogens with one attached hydrogen (secondary N) is 1. The summed E-state index contributed by atoms with van der Waals surface area (Å²) in [4.78, 5) is 12.0. The average molecular weight is 310 g/mol. The van der Waals surface area contributed by atoms with Gasteiger partial charge in [-0.05, 0) is 36.4 Å². The van der Waals surface area contributed by atoms with Crippen LogP contribution in [0.15, 0.2) is 42.5 Å². The fourth-order valence-corrected chi connectivity index (χ4v) is 1.85. The summed E-state index contributed by atoms with van der Waals surface area (Å²) >= 11 is 0. The molecule has 0 atom stereocenters. The van der Waals surface area contributed by atoms with E-state index < -0.39 is 23.3 Å². The van der Waals surface area contributed by atoms with Crippen molar-refractivity contribution in [3.8, 4) is 5.75 Å². The summed E-state index contributed by atoms with van der Waals surface area (Å²) in [5, 5.41) is 2.40. The third kappa shape index (κ3) is 3.49. The first-order valence-corrected chi connectivity index (χ1v) is 6.23. The highest BCUT2D eigenvalue weighted by Crippen LogP contribution is 2.35. The van der Waals surface area contributed by atoms with E-state index in [0.717, 1.165) is 12.1 Å². The number of anilines is 2. The lowest BCUT2D eigenvalue weighted by Gasteiger charge is -2.12. The van der Waals surface area contributed by atoms with Gasteiger partial charge in [-0.1, -0.05) is 6.07 Å². The Balaban J connectivity index is 2.25. The molecule has 0 saturated carbocycles. The van der Waals surface area contributed by atoms with Crippen LogP contribution >= 0.6 is 0 Å². The molecule has 0 aromatic heterocycles. The molecule has 4 nitrogen and oxygen atoms in total. The highest BCUT2D eigenvalue weighted by molar-refractivity contribution is 6.04. The predicted octanol–water partition coefficient (Wildman–Crippen LogP) is 3.55. The number of halogens is 3. The predicted molar refractivity (Wildman–Crippen MR) is 76.8 cm³/mol. The van der Waals surface area contributed by atoms with Crippen molar-refractivity contribution in [1.82, 2.24) is 0 Å². The molecule has 116 valence electrons. The molecule has 1 amide bonds. The van der Waals surface area contributed by atoms with Gasteiger partial charge in [0.15, 0.2) is 0 Å². The Morgan fingerprint density at radius 3 is 2.55 bits per heavy atom. The van der Waals surface area contributed by atoms with E-state index in [9.17, 15) is 18.0 Å². The molecular formula is C15H13F3N2O2. The fraction of sp³-hybridized carbons (Fsp3) is 0.133. The van der Waals surface area contributed by atoms with E-state index >= 15 is 0 Å². The van der Waals surface area contributed by atoms with Crippen LogP contribution in [0.5, 0.6) is 5.75 Å². The van der Waals surface area contributed by atoms with Crippen LogP contribution in [0.4, 0.5) is 24.5 Å². The number of hydrogen-bond donors (Lipinski definition) is 2. The summed E-state index contributed by atoms with van der Waals surface area (Å²) in [6, 6.07) is 9.48. The Kier molecular flexibility index (Phi) is 4.25. The molecule has 0 aliphatic heterocycles. The molecule has 0 fully saturated rings. The number of hydrogen-bond acceptors (Lipinski definition) is 3. The van der Waals surface area contributed by atoms with Crippen LogP contribution in [-0.4, -0.2) is 13.0 Å². The summed E-state index contributed by atoms with van der Waals surface area (Å²) in [5.74, 6) is -0.0715. The Morgan fingerprint density at radius 2 is 1.91 bits per heavy atom. The minimum absolute atomic E-state index is 0.00865.